The van der Waals surface area contributed by atoms with Gasteiger partial charge < -0.3 is 15.4 Å². The van der Waals surface area contributed by atoms with Crippen molar-refractivity contribution in [1.82, 2.24) is 9.88 Å². The molecule has 31 heavy (non-hydrogen) atoms. The summed E-state index contributed by atoms with van der Waals surface area (Å²) in [5.41, 5.74) is 6.79. The largest absolute Gasteiger partial charge is 0.488 e. The zero-order valence-electron chi connectivity index (χ0n) is 16.4. The molecule has 0 radical (unpaired) electrons. The molecule has 1 aromatic heterocycles. The third kappa shape index (κ3) is 2.59. The quantitative estimate of drug-likeness (QED) is 0.794. The molecule has 2 aliphatic carbocycles. The van der Waals surface area contributed by atoms with Crippen LogP contribution in [0.4, 0.5) is 4.39 Å². The summed E-state index contributed by atoms with van der Waals surface area (Å²) in [5, 5.41) is 0.164. The zero-order valence-corrected chi connectivity index (χ0v) is 17.2. The molecule has 0 spiro atoms. The molecule has 6 nitrogen and oxygen atoms in total. The van der Waals surface area contributed by atoms with Crippen LogP contribution in [0.1, 0.15) is 27.7 Å². The van der Waals surface area contributed by atoms with Crippen LogP contribution < -0.4 is 10.5 Å². The van der Waals surface area contributed by atoms with Crippen LogP contribution >= 0.6 is 11.6 Å². The highest BCUT2D eigenvalue weighted by Gasteiger charge is 2.59. The van der Waals surface area contributed by atoms with Gasteiger partial charge in [-0.3, -0.25) is 14.6 Å². The van der Waals surface area contributed by atoms with Crippen molar-refractivity contribution in [3.8, 4) is 5.75 Å². The second-order valence-corrected chi connectivity index (χ2v) is 8.04. The minimum atomic E-state index is -1.50. The number of aromatic nitrogens is 1. The van der Waals surface area contributed by atoms with Crippen molar-refractivity contribution < 1.29 is 18.7 Å². The van der Waals surface area contributed by atoms with E-state index < -0.39 is 29.2 Å². The van der Waals surface area contributed by atoms with Crippen LogP contribution in [0.25, 0.3) is 0 Å². The van der Waals surface area contributed by atoms with Gasteiger partial charge in [-0.2, -0.15) is 0 Å². The number of halogens is 2. The molecule has 0 saturated heterocycles. The molecule has 0 saturated carbocycles. The summed E-state index contributed by atoms with van der Waals surface area (Å²) < 4.78 is 20.1. The van der Waals surface area contributed by atoms with Crippen molar-refractivity contribution in [2.45, 2.75) is 18.5 Å². The molecule has 8 heteroatoms. The summed E-state index contributed by atoms with van der Waals surface area (Å²) in [6.07, 6.45) is 8.65. The number of ether oxygens (including phenoxy) is 1. The Morgan fingerprint density at radius 1 is 1.35 bits per heavy atom. The fraction of sp³-hybridized carbons (Fsp3) is 0.174. The van der Waals surface area contributed by atoms with Gasteiger partial charge in [-0.1, -0.05) is 29.8 Å². The number of nitrogens with zero attached hydrogens (tertiary/aromatic N) is 2. The van der Waals surface area contributed by atoms with E-state index in [2.05, 4.69) is 4.98 Å². The number of amides is 2. The van der Waals surface area contributed by atoms with Gasteiger partial charge in [0.2, 0.25) is 0 Å². The number of allylic oxidation sites excluding steroid dienone is 2. The first kappa shape index (κ1) is 19.5. The number of benzene rings is 1. The summed E-state index contributed by atoms with van der Waals surface area (Å²) in [4.78, 5) is 32.5. The monoisotopic (exact) mass is 437 g/mol. The SMILES string of the molecule is Cc1ncccc1C(=O)N([C@@H]1COc2c(F)cc(Cl)cc21)C1(C(N)=O)c2cccc1c2. The van der Waals surface area contributed by atoms with Crippen molar-refractivity contribution >= 4 is 23.4 Å². The van der Waals surface area contributed by atoms with E-state index in [-0.39, 0.29) is 17.4 Å². The molecule has 2 aromatic rings. The lowest BCUT2D eigenvalue weighted by Crippen LogP contribution is -2.66. The average molecular weight is 438 g/mol. The third-order valence-corrected chi connectivity index (χ3v) is 6.18. The highest BCUT2D eigenvalue weighted by atomic mass is 35.5. The lowest BCUT2D eigenvalue weighted by atomic mass is 9.66. The second kappa shape index (κ2) is 6.78. The molecule has 2 bridgehead atoms. The van der Waals surface area contributed by atoms with E-state index in [0.717, 1.165) is 6.07 Å². The fourth-order valence-corrected chi connectivity index (χ4v) is 4.77. The second-order valence-electron chi connectivity index (χ2n) is 7.60. The molecule has 1 unspecified atom stereocenters. The van der Waals surface area contributed by atoms with Crippen LogP contribution in [-0.4, -0.2) is 33.8 Å². The fourth-order valence-electron chi connectivity index (χ4n) is 4.55. The topological polar surface area (TPSA) is 85.5 Å². The van der Waals surface area contributed by atoms with E-state index in [0.29, 0.717) is 28.0 Å². The smallest absolute Gasteiger partial charge is 0.257 e. The lowest BCUT2D eigenvalue weighted by Gasteiger charge is -2.51. The van der Waals surface area contributed by atoms with Gasteiger partial charge in [-0.25, -0.2) is 4.39 Å². The number of fused-ring (bicyclic) bond motifs is 3. The number of hydrogen-bond donors (Lipinski definition) is 1. The van der Waals surface area contributed by atoms with Crippen molar-refractivity contribution in [1.29, 1.82) is 0 Å². The van der Waals surface area contributed by atoms with E-state index in [1.54, 1.807) is 55.6 Å². The summed E-state index contributed by atoms with van der Waals surface area (Å²) in [5.74, 6) is -1.78. The predicted octanol–water partition coefficient (Wildman–Crippen LogP) is 3.42. The molecule has 3 aliphatic rings. The summed E-state index contributed by atoms with van der Waals surface area (Å²) >= 11 is 6.11. The summed E-state index contributed by atoms with van der Waals surface area (Å²) in [7, 11) is 0. The first-order valence-electron chi connectivity index (χ1n) is 9.63. The number of pyridine rings is 1. The number of aryl methyl sites for hydroxylation is 1. The van der Waals surface area contributed by atoms with E-state index in [1.165, 1.54) is 4.90 Å². The van der Waals surface area contributed by atoms with Crippen LogP contribution in [-0.2, 0) is 4.79 Å². The molecule has 2 amide bonds. The highest BCUT2D eigenvalue weighted by molar-refractivity contribution is 6.30. The maximum absolute atomic E-state index is 14.5. The molecule has 1 aliphatic heterocycles. The van der Waals surface area contributed by atoms with Gasteiger partial charge in [0, 0.05) is 22.5 Å². The Labute approximate surface area is 182 Å². The number of primary amides is 1. The van der Waals surface area contributed by atoms with Crippen molar-refractivity contribution in [3.05, 3.63) is 93.6 Å². The van der Waals surface area contributed by atoms with Crippen LogP contribution in [0.15, 0.2) is 65.9 Å². The summed E-state index contributed by atoms with van der Waals surface area (Å²) in [6.45, 7) is 1.66. The number of nitrogens with two attached hydrogens (primary N) is 1. The van der Waals surface area contributed by atoms with Crippen LogP contribution in [0.5, 0.6) is 5.75 Å². The lowest BCUT2D eigenvalue weighted by molar-refractivity contribution is -0.126. The summed E-state index contributed by atoms with van der Waals surface area (Å²) in [6, 6.07) is 5.19. The normalized spacial score (nSPS) is 22.6. The molecular weight excluding hydrogens is 421 g/mol. The average Bonchev–Trinajstić information content (AvgIpc) is 3.15. The number of carbonyl (C=O) groups is 2. The van der Waals surface area contributed by atoms with Crippen molar-refractivity contribution in [2.24, 2.45) is 5.73 Å². The molecule has 5 rings (SSSR count). The predicted molar refractivity (Wildman–Crippen MR) is 112 cm³/mol. The minimum absolute atomic E-state index is 0.0118. The Morgan fingerprint density at radius 3 is 2.81 bits per heavy atom. The Bertz CT molecular complexity index is 1240. The van der Waals surface area contributed by atoms with Gasteiger partial charge >= 0.3 is 0 Å². The Morgan fingerprint density at radius 2 is 2.16 bits per heavy atom. The maximum atomic E-state index is 14.5. The van der Waals surface area contributed by atoms with Crippen molar-refractivity contribution in [2.75, 3.05) is 6.61 Å². The number of carbonyl (C=O) groups excluding carboxylic acids is 2. The highest BCUT2D eigenvalue weighted by Crippen LogP contribution is 2.52. The molecule has 156 valence electrons. The van der Waals surface area contributed by atoms with Gasteiger partial charge in [0.1, 0.15) is 6.61 Å². The Hall–Kier alpha value is -3.45. The maximum Gasteiger partial charge on any atom is 0.257 e. The van der Waals surface area contributed by atoms with Gasteiger partial charge in [-0.15, -0.1) is 0 Å². The number of hydrogen-bond acceptors (Lipinski definition) is 4. The van der Waals surface area contributed by atoms with Crippen LogP contribution in [0.2, 0.25) is 5.02 Å². The van der Waals surface area contributed by atoms with Crippen LogP contribution in [0.3, 0.4) is 0 Å². The molecule has 0 fully saturated rings. The van der Waals surface area contributed by atoms with Crippen LogP contribution in [0, 0.1) is 12.7 Å². The van der Waals surface area contributed by atoms with E-state index in [9.17, 15) is 14.0 Å². The van der Waals surface area contributed by atoms with E-state index in [1.807, 2.05) is 0 Å². The Balaban J connectivity index is 1.74. The number of rotatable bonds is 4. The molecular formula is C23H17ClFN3O3. The van der Waals surface area contributed by atoms with Gasteiger partial charge in [0.25, 0.3) is 11.8 Å². The third-order valence-electron chi connectivity index (χ3n) is 5.97. The van der Waals surface area contributed by atoms with Gasteiger partial charge in [0.15, 0.2) is 17.1 Å². The van der Waals surface area contributed by atoms with Gasteiger partial charge in [-0.05, 0) is 48.4 Å². The van der Waals surface area contributed by atoms with Crippen molar-refractivity contribution in [3.63, 3.8) is 0 Å². The molecule has 2 atom stereocenters. The zero-order chi connectivity index (χ0) is 21.9. The molecule has 2 N–H and O–H groups in total. The minimum Gasteiger partial charge on any atom is -0.488 e. The standard InChI is InChI=1S/C23H17ClFN3O3/c1-12-16(6-3-7-27-12)21(29)28(23(22(26)30)13-4-2-5-14(23)8-13)19-11-31-20-17(19)9-15(24)10-18(20)25/h2-10,19H,11H2,1H3,(H2,26,30)/t19-/m1/s1. The van der Waals surface area contributed by atoms with Gasteiger partial charge in [0.05, 0.1) is 11.6 Å². The first-order chi connectivity index (χ1) is 14.9. The Kier molecular flexibility index (Phi) is 4.27. The van der Waals surface area contributed by atoms with E-state index >= 15 is 0 Å². The first-order valence-corrected chi connectivity index (χ1v) is 10.0. The molecule has 1 aromatic carbocycles. The molecule has 2 heterocycles. The van der Waals surface area contributed by atoms with E-state index in [4.69, 9.17) is 22.1 Å².